The monoisotopic (exact) mass is 349 g/mol. The Labute approximate surface area is 128 Å². The van der Waals surface area contributed by atoms with Crippen LogP contribution in [0.25, 0.3) is 0 Å². The molecule has 0 aliphatic rings. The Hall–Kier alpha value is -2.08. The van der Waals surface area contributed by atoms with Crippen LogP contribution in [0.5, 0.6) is 0 Å². The van der Waals surface area contributed by atoms with Crippen molar-refractivity contribution in [2.24, 2.45) is 0 Å². The van der Waals surface area contributed by atoms with Crippen LogP contribution in [0.2, 0.25) is 5.02 Å². The Morgan fingerprint density at radius 3 is 2.35 bits per heavy atom. The summed E-state index contributed by atoms with van der Waals surface area (Å²) >= 11 is 8.89. The molecule has 0 atom stereocenters. The average Bonchev–Trinajstić information content (AvgIpc) is 2.44. The molecule has 0 aliphatic heterocycles. The van der Waals surface area contributed by atoms with E-state index in [9.17, 15) is 4.39 Å². The molecule has 3 nitrogen and oxygen atoms in total. The molecule has 0 saturated carbocycles. The molecular formula is C14H6BrClFN3. The highest BCUT2D eigenvalue weighted by atomic mass is 79.9. The lowest BCUT2D eigenvalue weighted by Gasteiger charge is -2.11. The van der Waals surface area contributed by atoms with Gasteiger partial charge in [-0.2, -0.15) is 10.5 Å². The number of hydrogen-bond donors (Lipinski definition) is 1. The molecule has 98 valence electrons. The standard InChI is InChI=1S/C14H6BrClFN3/c15-13-9(7-19)2-4-11(14(13)17)20-12-5-10(16)3-1-8(12)6-18/h1-5,20H. The lowest BCUT2D eigenvalue weighted by Crippen LogP contribution is -1.98. The van der Waals surface area contributed by atoms with E-state index in [-0.39, 0.29) is 15.7 Å². The number of nitrogens with zero attached hydrogens (tertiary/aromatic N) is 2. The quantitative estimate of drug-likeness (QED) is 0.852. The SMILES string of the molecule is N#Cc1ccc(Cl)cc1Nc1ccc(C#N)c(Br)c1F. The molecule has 2 aromatic rings. The van der Waals surface area contributed by atoms with Gasteiger partial charge in [-0.3, -0.25) is 0 Å². The van der Waals surface area contributed by atoms with Crippen molar-refractivity contribution in [1.82, 2.24) is 0 Å². The third kappa shape index (κ3) is 2.75. The fourth-order valence-corrected chi connectivity index (χ4v) is 2.20. The molecule has 6 heteroatoms. The highest BCUT2D eigenvalue weighted by Gasteiger charge is 2.12. The van der Waals surface area contributed by atoms with Gasteiger partial charge >= 0.3 is 0 Å². The largest absolute Gasteiger partial charge is 0.352 e. The van der Waals surface area contributed by atoms with Crippen LogP contribution >= 0.6 is 27.5 Å². The zero-order chi connectivity index (χ0) is 14.7. The molecule has 0 saturated heterocycles. The van der Waals surface area contributed by atoms with Crippen LogP contribution in [-0.4, -0.2) is 0 Å². The van der Waals surface area contributed by atoms with Gasteiger partial charge in [0.25, 0.3) is 0 Å². The predicted octanol–water partition coefficient (Wildman–Crippen LogP) is 4.73. The molecule has 0 fully saturated rings. The average molecular weight is 351 g/mol. The zero-order valence-corrected chi connectivity index (χ0v) is 12.3. The number of nitriles is 2. The van der Waals surface area contributed by atoms with Gasteiger partial charge in [-0.1, -0.05) is 11.6 Å². The summed E-state index contributed by atoms with van der Waals surface area (Å²) in [5.74, 6) is -0.604. The van der Waals surface area contributed by atoms with E-state index in [1.165, 1.54) is 18.2 Å². The number of halogens is 3. The maximum absolute atomic E-state index is 14.1. The second-order valence-electron chi connectivity index (χ2n) is 3.83. The number of nitrogens with one attached hydrogen (secondary N) is 1. The first-order chi connectivity index (χ1) is 9.56. The van der Waals surface area contributed by atoms with Gasteiger partial charge in [0.2, 0.25) is 0 Å². The summed E-state index contributed by atoms with van der Waals surface area (Å²) in [6.45, 7) is 0. The minimum absolute atomic E-state index is 0.0746. The van der Waals surface area contributed by atoms with E-state index in [2.05, 4.69) is 21.2 Å². The predicted molar refractivity (Wildman–Crippen MR) is 78.3 cm³/mol. The number of benzene rings is 2. The Morgan fingerprint density at radius 1 is 1.05 bits per heavy atom. The number of anilines is 2. The molecule has 2 rings (SSSR count). The van der Waals surface area contributed by atoms with Crippen LogP contribution < -0.4 is 5.32 Å². The second kappa shape index (κ2) is 5.92. The van der Waals surface area contributed by atoms with Crippen LogP contribution in [0.4, 0.5) is 15.8 Å². The highest BCUT2D eigenvalue weighted by molar-refractivity contribution is 9.10. The molecule has 0 bridgehead atoms. The van der Waals surface area contributed by atoms with Gasteiger partial charge in [0, 0.05) is 5.02 Å². The first kappa shape index (κ1) is 14.3. The Balaban J connectivity index is 2.47. The van der Waals surface area contributed by atoms with Crippen molar-refractivity contribution >= 4 is 38.9 Å². The van der Waals surface area contributed by atoms with Gasteiger partial charge in [0.15, 0.2) is 5.82 Å². The first-order valence-corrected chi connectivity index (χ1v) is 6.58. The summed E-state index contributed by atoms with van der Waals surface area (Å²) in [5, 5.41) is 21.1. The van der Waals surface area contributed by atoms with Gasteiger partial charge in [0.05, 0.1) is 27.0 Å². The smallest absolute Gasteiger partial charge is 0.162 e. The summed E-state index contributed by atoms with van der Waals surface area (Å²) in [7, 11) is 0. The van der Waals surface area contributed by atoms with E-state index in [0.717, 1.165) is 0 Å². The van der Waals surface area contributed by atoms with Crippen LogP contribution in [0, 0.1) is 28.5 Å². The molecule has 0 heterocycles. The topological polar surface area (TPSA) is 59.6 Å². The van der Waals surface area contributed by atoms with Crippen LogP contribution in [-0.2, 0) is 0 Å². The van der Waals surface area contributed by atoms with Crippen molar-refractivity contribution in [3.8, 4) is 12.1 Å². The molecular weight excluding hydrogens is 345 g/mol. The molecule has 20 heavy (non-hydrogen) atoms. The summed E-state index contributed by atoms with van der Waals surface area (Å²) in [5.41, 5.74) is 1.08. The highest BCUT2D eigenvalue weighted by Crippen LogP contribution is 2.30. The Kier molecular flexibility index (Phi) is 4.24. The lowest BCUT2D eigenvalue weighted by atomic mass is 10.1. The van der Waals surface area contributed by atoms with E-state index in [1.807, 2.05) is 12.1 Å². The van der Waals surface area contributed by atoms with Crippen molar-refractivity contribution in [1.29, 1.82) is 10.5 Å². The zero-order valence-electron chi connectivity index (χ0n) is 9.92. The van der Waals surface area contributed by atoms with E-state index in [0.29, 0.717) is 16.3 Å². The number of hydrogen-bond acceptors (Lipinski definition) is 3. The molecule has 0 unspecified atom stereocenters. The molecule has 1 N–H and O–H groups in total. The summed E-state index contributed by atoms with van der Waals surface area (Å²) < 4.78 is 14.2. The molecule has 0 aliphatic carbocycles. The van der Waals surface area contributed by atoms with Gasteiger partial charge in [-0.25, -0.2) is 4.39 Å². The first-order valence-electron chi connectivity index (χ1n) is 5.41. The Bertz CT molecular complexity index is 762. The minimum atomic E-state index is -0.604. The molecule has 2 aromatic carbocycles. The van der Waals surface area contributed by atoms with Crippen molar-refractivity contribution < 1.29 is 4.39 Å². The van der Waals surface area contributed by atoms with Crippen molar-refractivity contribution in [2.75, 3.05) is 5.32 Å². The maximum atomic E-state index is 14.1. The molecule has 0 amide bonds. The van der Waals surface area contributed by atoms with Crippen molar-refractivity contribution in [3.63, 3.8) is 0 Å². The normalized spacial score (nSPS) is 9.65. The van der Waals surface area contributed by atoms with E-state index in [1.54, 1.807) is 12.1 Å². The summed E-state index contributed by atoms with van der Waals surface area (Å²) in [6.07, 6.45) is 0. The van der Waals surface area contributed by atoms with Crippen LogP contribution in [0.3, 0.4) is 0 Å². The fourth-order valence-electron chi connectivity index (χ4n) is 1.59. The van der Waals surface area contributed by atoms with E-state index >= 15 is 0 Å². The van der Waals surface area contributed by atoms with Gasteiger partial charge in [-0.05, 0) is 46.3 Å². The third-order valence-electron chi connectivity index (χ3n) is 2.57. The van der Waals surface area contributed by atoms with Gasteiger partial charge < -0.3 is 5.32 Å². The van der Waals surface area contributed by atoms with Gasteiger partial charge in [0.1, 0.15) is 12.1 Å². The van der Waals surface area contributed by atoms with E-state index < -0.39 is 5.82 Å². The summed E-state index contributed by atoms with van der Waals surface area (Å²) in [6, 6.07) is 11.4. The lowest BCUT2D eigenvalue weighted by molar-refractivity contribution is 0.624. The van der Waals surface area contributed by atoms with Gasteiger partial charge in [-0.15, -0.1) is 0 Å². The third-order valence-corrected chi connectivity index (χ3v) is 3.58. The summed E-state index contributed by atoms with van der Waals surface area (Å²) in [4.78, 5) is 0. The molecule has 0 aromatic heterocycles. The van der Waals surface area contributed by atoms with E-state index in [4.69, 9.17) is 22.1 Å². The second-order valence-corrected chi connectivity index (χ2v) is 5.06. The fraction of sp³-hybridized carbons (Fsp3) is 0. The minimum Gasteiger partial charge on any atom is -0.352 e. The van der Waals surface area contributed by atoms with Crippen molar-refractivity contribution in [3.05, 3.63) is 56.8 Å². The number of rotatable bonds is 2. The van der Waals surface area contributed by atoms with Crippen molar-refractivity contribution in [2.45, 2.75) is 0 Å². The maximum Gasteiger partial charge on any atom is 0.162 e. The molecule has 0 spiro atoms. The Morgan fingerprint density at radius 2 is 1.70 bits per heavy atom. The van der Waals surface area contributed by atoms with Crippen LogP contribution in [0.15, 0.2) is 34.8 Å². The molecule has 0 radical (unpaired) electrons. The van der Waals surface area contributed by atoms with Crippen LogP contribution in [0.1, 0.15) is 11.1 Å².